The molecule has 2 nitrogen and oxygen atoms in total. The van der Waals surface area contributed by atoms with Crippen LogP contribution in [0.1, 0.15) is 46.5 Å². The molecule has 0 saturated heterocycles. The van der Waals surface area contributed by atoms with E-state index in [-0.39, 0.29) is 11.8 Å². The Bertz CT molecular complexity index is 183. The highest BCUT2D eigenvalue weighted by atomic mass is 16.1. The van der Waals surface area contributed by atoms with Crippen molar-refractivity contribution in [3.05, 3.63) is 0 Å². The van der Waals surface area contributed by atoms with Crippen molar-refractivity contribution < 1.29 is 4.79 Å². The number of carbonyl (C=O) groups is 1. The molecule has 0 aromatic rings. The molecule has 2 heteroatoms. The first-order valence-electron chi connectivity index (χ1n) is 5.37. The third-order valence-corrected chi connectivity index (χ3v) is 2.90. The molecule has 1 aliphatic rings. The fourth-order valence-electron chi connectivity index (χ4n) is 1.70. The van der Waals surface area contributed by atoms with Crippen LogP contribution in [0.15, 0.2) is 0 Å². The summed E-state index contributed by atoms with van der Waals surface area (Å²) in [4.78, 5) is 11.3. The van der Waals surface area contributed by atoms with Gasteiger partial charge in [0.2, 0.25) is 5.91 Å². The summed E-state index contributed by atoms with van der Waals surface area (Å²) in [6, 6.07) is 0. The molecular formula is C11H21NO. The summed E-state index contributed by atoms with van der Waals surface area (Å²) < 4.78 is 0. The van der Waals surface area contributed by atoms with Gasteiger partial charge in [0.15, 0.2) is 0 Å². The Kier molecular flexibility index (Phi) is 3.34. The zero-order valence-corrected chi connectivity index (χ0v) is 9.02. The molecule has 0 bridgehead atoms. The van der Waals surface area contributed by atoms with E-state index in [0.29, 0.717) is 5.41 Å². The second kappa shape index (κ2) is 4.12. The maximum atomic E-state index is 11.3. The van der Waals surface area contributed by atoms with E-state index in [1.165, 1.54) is 25.7 Å². The molecule has 1 fully saturated rings. The van der Waals surface area contributed by atoms with Crippen molar-refractivity contribution in [1.82, 2.24) is 5.32 Å². The molecule has 0 aromatic heterocycles. The van der Waals surface area contributed by atoms with Crippen LogP contribution in [0, 0.1) is 11.3 Å². The van der Waals surface area contributed by atoms with Gasteiger partial charge in [-0.3, -0.25) is 4.79 Å². The Labute approximate surface area is 81.1 Å². The molecule has 0 atom stereocenters. The summed E-state index contributed by atoms with van der Waals surface area (Å²) in [7, 11) is 0. The third kappa shape index (κ3) is 3.02. The van der Waals surface area contributed by atoms with Crippen LogP contribution in [0.2, 0.25) is 0 Å². The molecule has 1 aliphatic carbocycles. The van der Waals surface area contributed by atoms with Gasteiger partial charge in [-0.2, -0.15) is 0 Å². The van der Waals surface area contributed by atoms with Gasteiger partial charge in [0, 0.05) is 12.5 Å². The first kappa shape index (κ1) is 10.6. The smallest absolute Gasteiger partial charge is 0.222 e. The first-order chi connectivity index (χ1) is 6.09. The van der Waals surface area contributed by atoms with Gasteiger partial charge in [-0.25, -0.2) is 0 Å². The molecule has 1 rings (SSSR count). The summed E-state index contributed by atoms with van der Waals surface area (Å²) >= 11 is 0. The van der Waals surface area contributed by atoms with Gasteiger partial charge in [0.25, 0.3) is 0 Å². The van der Waals surface area contributed by atoms with Gasteiger partial charge in [-0.05, 0) is 24.7 Å². The van der Waals surface area contributed by atoms with Crippen LogP contribution >= 0.6 is 0 Å². The molecule has 76 valence electrons. The number of hydrogen-bond donors (Lipinski definition) is 1. The molecule has 1 amide bonds. The molecule has 0 aliphatic heterocycles. The van der Waals surface area contributed by atoms with E-state index in [2.05, 4.69) is 12.2 Å². The van der Waals surface area contributed by atoms with Crippen molar-refractivity contribution in [2.24, 2.45) is 11.3 Å². The largest absolute Gasteiger partial charge is 0.355 e. The second-order valence-corrected chi connectivity index (χ2v) is 4.62. The minimum atomic E-state index is 0.123. The number of carbonyl (C=O) groups excluding carboxylic acids is 1. The number of nitrogens with one attached hydrogen (secondary N) is 1. The lowest BCUT2D eigenvalue weighted by Crippen LogP contribution is -2.33. The Morgan fingerprint density at radius 2 is 2.08 bits per heavy atom. The van der Waals surface area contributed by atoms with E-state index in [0.717, 1.165) is 6.54 Å². The van der Waals surface area contributed by atoms with Crippen molar-refractivity contribution in [2.75, 3.05) is 6.54 Å². The predicted octanol–water partition coefficient (Wildman–Crippen LogP) is 2.34. The second-order valence-electron chi connectivity index (χ2n) is 4.62. The Morgan fingerprint density at radius 3 is 2.46 bits per heavy atom. The van der Waals surface area contributed by atoms with Gasteiger partial charge in [-0.15, -0.1) is 0 Å². The number of amides is 1. The lowest BCUT2D eigenvalue weighted by molar-refractivity contribution is -0.124. The minimum absolute atomic E-state index is 0.123. The zero-order chi connectivity index (χ0) is 9.90. The van der Waals surface area contributed by atoms with Crippen LogP contribution in [0.5, 0.6) is 0 Å². The lowest BCUT2D eigenvalue weighted by atomic mass is 10.0. The van der Waals surface area contributed by atoms with E-state index in [4.69, 9.17) is 0 Å². The normalized spacial score (nSPS) is 18.8. The van der Waals surface area contributed by atoms with E-state index >= 15 is 0 Å². The fraction of sp³-hybridized carbons (Fsp3) is 0.909. The van der Waals surface area contributed by atoms with Gasteiger partial charge >= 0.3 is 0 Å². The van der Waals surface area contributed by atoms with Crippen LogP contribution in [0.25, 0.3) is 0 Å². The van der Waals surface area contributed by atoms with Gasteiger partial charge in [0.1, 0.15) is 0 Å². The number of hydrogen-bond acceptors (Lipinski definition) is 1. The Balaban J connectivity index is 2.22. The maximum absolute atomic E-state index is 11.3. The SMILES string of the molecule is CCCC1(CNC(=O)C(C)C)CC1. The minimum Gasteiger partial charge on any atom is -0.355 e. The van der Waals surface area contributed by atoms with Crippen molar-refractivity contribution in [3.8, 4) is 0 Å². The topological polar surface area (TPSA) is 29.1 Å². The summed E-state index contributed by atoms with van der Waals surface area (Å²) in [5.41, 5.74) is 0.485. The molecule has 0 aromatic carbocycles. The first-order valence-corrected chi connectivity index (χ1v) is 5.37. The zero-order valence-electron chi connectivity index (χ0n) is 9.02. The molecule has 0 spiro atoms. The Hall–Kier alpha value is -0.530. The van der Waals surface area contributed by atoms with Crippen molar-refractivity contribution in [1.29, 1.82) is 0 Å². The highest BCUT2D eigenvalue weighted by Crippen LogP contribution is 2.48. The molecule has 1 N–H and O–H groups in total. The quantitative estimate of drug-likeness (QED) is 0.696. The van der Waals surface area contributed by atoms with Gasteiger partial charge in [0.05, 0.1) is 0 Å². The molecule has 0 heterocycles. The van der Waals surface area contributed by atoms with Gasteiger partial charge in [-0.1, -0.05) is 27.2 Å². The standard InChI is InChI=1S/C11H21NO/c1-4-5-11(6-7-11)8-12-10(13)9(2)3/h9H,4-8H2,1-3H3,(H,12,13). The highest BCUT2D eigenvalue weighted by molar-refractivity contribution is 5.77. The average molecular weight is 183 g/mol. The third-order valence-electron chi connectivity index (χ3n) is 2.90. The average Bonchev–Trinajstić information content (AvgIpc) is 2.82. The molecule has 0 radical (unpaired) electrons. The van der Waals surface area contributed by atoms with E-state index in [1.54, 1.807) is 0 Å². The number of rotatable bonds is 5. The lowest BCUT2D eigenvalue weighted by Gasteiger charge is -2.15. The van der Waals surface area contributed by atoms with E-state index < -0.39 is 0 Å². The van der Waals surface area contributed by atoms with Gasteiger partial charge < -0.3 is 5.32 Å². The van der Waals surface area contributed by atoms with E-state index in [1.807, 2.05) is 13.8 Å². The maximum Gasteiger partial charge on any atom is 0.222 e. The molecule has 13 heavy (non-hydrogen) atoms. The predicted molar refractivity (Wildman–Crippen MR) is 54.4 cm³/mol. The Morgan fingerprint density at radius 1 is 1.46 bits per heavy atom. The van der Waals surface area contributed by atoms with Crippen molar-refractivity contribution >= 4 is 5.91 Å². The molecule has 0 unspecified atom stereocenters. The summed E-state index contributed by atoms with van der Waals surface area (Å²) in [5.74, 6) is 0.319. The monoisotopic (exact) mass is 183 g/mol. The summed E-state index contributed by atoms with van der Waals surface area (Å²) in [6.07, 6.45) is 5.11. The van der Waals surface area contributed by atoms with E-state index in [9.17, 15) is 4.79 Å². The summed E-state index contributed by atoms with van der Waals surface area (Å²) in [5, 5.41) is 3.03. The summed E-state index contributed by atoms with van der Waals surface area (Å²) in [6.45, 7) is 6.99. The van der Waals surface area contributed by atoms with Crippen LogP contribution in [0.4, 0.5) is 0 Å². The fourth-order valence-corrected chi connectivity index (χ4v) is 1.70. The van der Waals surface area contributed by atoms with Crippen LogP contribution in [0.3, 0.4) is 0 Å². The molecule has 1 saturated carbocycles. The van der Waals surface area contributed by atoms with Crippen LogP contribution < -0.4 is 5.32 Å². The van der Waals surface area contributed by atoms with Crippen LogP contribution in [-0.4, -0.2) is 12.5 Å². The van der Waals surface area contributed by atoms with Crippen molar-refractivity contribution in [2.45, 2.75) is 46.5 Å². The molecular weight excluding hydrogens is 162 g/mol. The highest BCUT2D eigenvalue weighted by Gasteiger charge is 2.41. The van der Waals surface area contributed by atoms with Crippen LogP contribution in [-0.2, 0) is 4.79 Å². The van der Waals surface area contributed by atoms with Crippen molar-refractivity contribution in [3.63, 3.8) is 0 Å².